The molecule has 2 aromatic carbocycles. The molecule has 0 spiro atoms. The summed E-state index contributed by atoms with van der Waals surface area (Å²) in [6, 6.07) is 14.9. The molecule has 1 N–H and O–H groups in total. The summed E-state index contributed by atoms with van der Waals surface area (Å²) in [5, 5.41) is 11.8. The van der Waals surface area contributed by atoms with E-state index in [1.54, 1.807) is 37.3 Å². The summed E-state index contributed by atoms with van der Waals surface area (Å²) in [6.45, 7) is 4.65. The lowest BCUT2D eigenvalue weighted by Crippen LogP contribution is -2.45. The summed E-state index contributed by atoms with van der Waals surface area (Å²) in [6.07, 6.45) is -0.708. The molecule has 2 aromatic rings. The zero-order valence-corrected chi connectivity index (χ0v) is 16.3. The second-order valence-corrected chi connectivity index (χ2v) is 6.86. The third-order valence-corrected chi connectivity index (χ3v) is 4.86. The average molecular weight is 397 g/mol. The molecule has 7 heteroatoms. The lowest BCUT2D eigenvalue weighted by molar-refractivity contribution is -0.127. The summed E-state index contributed by atoms with van der Waals surface area (Å²) >= 11 is 0. The summed E-state index contributed by atoms with van der Waals surface area (Å²) in [7, 11) is 0. The second kappa shape index (κ2) is 10.0. The Morgan fingerprint density at radius 3 is 2.66 bits per heavy atom. The summed E-state index contributed by atoms with van der Waals surface area (Å²) in [5.41, 5.74) is 1.34. The number of nitriles is 1. The highest BCUT2D eigenvalue weighted by molar-refractivity contribution is 5.80. The number of hydrogen-bond donors (Lipinski definition) is 1. The molecule has 1 fully saturated rings. The van der Waals surface area contributed by atoms with Gasteiger partial charge in [0, 0.05) is 19.6 Å². The first kappa shape index (κ1) is 20.8. The Bertz CT molecular complexity index is 860. The molecule has 1 heterocycles. The SMILES string of the molecule is CC(Oc1ccc(C#N)cc1)C(=O)NCC(c1cccc(F)c1)N1CCOCC1. The van der Waals surface area contributed by atoms with E-state index in [1.165, 1.54) is 12.1 Å². The molecule has 0 bridgehead atoms. The van der Waals surface area contributed by atoms with Gasteiger partial charge in [0.15, 0.2) is 6.10 Å². The molecular weight excluding hydrogens is 373 g/mol. The van der Waals surface area contributed by atoms with Crippen LogP contribution < -0.4 is 10.1 Å². The van der Waals surface area contributed by atoms with Gasteiger partial charge in [-0.1, -0.05) is 12.1 Å². The molecule has 6 nitrogen and oxygen atoms in total. The zero-order chi connectivity index (χ0) is 20.6. The van der Waals surface area contributed by atoms with Crippen molar-refractivity contribution in [2.75, 3.05) is 32.8 Å². The Kier molecular flexibility index (Phi) is 7.17. The number of rotatable bonds is 7. The van der Waals surface area contributed by atoms with Crippen LogP contribution in [0.2, 0.25) is 0 Å². The number of hydrogen-bond acceptors (Lipinski definition) is 5. The Morgan fingerprint density at radius 1 is 1.28 bits per heavy atom. The summed E-state index contributed by atoms with van der Waals surface area (Å²) in [5.74, 6) is -0.0462. The minimum absolute atomic E-state index is 0.152. The first-order valence-electron chi connectivity index (χ1n) is 9.58. The number of morpholine rings is 1. The standard InChI is InChI=1S/C22H24FN3O3/c1-16(29-20-7-5-17(14-24)6-8-20)22(27)25-15-21(26-9-11-28-12-10-26)18-3-2-4-19(23)13-18/h2-8,13,16,21H,9-12,15H2,1H3,(H,25,27). The van der Waals surface area contributed by atoms with Gasteiger partial charge in [-0.15, -0.1) is 0 Å². The third kappa shape index (κ3) is 5.76. The average Bonchev–Trinajstić information content (AvgIpc) is 2.75. The van der Waals surface area contributed by atoms with E-state index < -0.39 is 6.10 Å². The fourth-order valence-electron chi connectivity index (χ4n) is 3.27. The van der Waals surface area contributed by atoms with Crippen molar-refractivity contribution in [1.29, 1.82) is 5.26 Å². The van der Waals surface area contributed by atoms with Crippen LogP contribution in [0.25, 0.3) is 0 Å². The predicted molar refractivity (Wildman–Crippen MR) is 106 cm³/mol. The maximum absolute atomic E-state index is 13.7. The van der Waals surface area contributed by atoms with E-state index in [2.05, 4.69) is 10.2 Å². The predicted octanol–water partition coefficient (Wildman–Crippen LogP) is 2.65. The van der Waals surface area contributed by atoms with Crippen LogP contribution in [0, 0.1) is 17.1 Å². The van der Waals surface area contributed by atoms with E-state index in [0.717, 1.165) is 5.56 Å². The van der Waals surface area contributed by atoms with Crippen molar-refractivity contribution in [3.05, 3.63) is 65.5 Å². The van der Waals surface area contributed by atoms with Crippen LogP contribution in [0.15, 0.2) is 48.5 Å². The molecule has 1 saturated heterocycles. The van der Waals surface area contributed by atoms with Gasteiger partial charge < -0.3 is 14.8 Å². The van der Waals surface area contributed by atoms with Gasteiger partial charge in [0.1, 0.15) is 11.6 Å². The van der Waals surface area contributed by atoms with E-state index in [0.29, 0.717) is 44.2 Å². The third-order valence-electron chi connectivity index (χ3n) is 4.86. The molecule has 0 aromatic heterocycles. The quantitative estimate of drug-likeness (QED) is 0.778. The number of amides is 1. The number of carbonyl (C=O) groups is 1. The van der Waals surface area contributed by atoms with E-state index in [4.69, 9.17) is 14.7 Å². The van der Waals surface area contributed by atoms with Crippen LogP contribution in [0.1, 0.15) is 24.1 Å². The summed E-state index contributed by atoms with van der Waals surface area (Å²) in [4.78, 5) is 14.7. The van der Waals surface area contributed by atoms with Crippen LogP contribution in [0.4, 0.5) is 4.39 Å². The van der Waals surface area contributed by atoms with E-state index in [1.807, 2.05) is 12.1 Å². The molecule has 3 rings (SSSR count). The van der Waals surface area contributed by atoms with E-state index >= 15 is 0 Å². The Labute approximate surface area is 169 Å². The van der Waals surface area contributed by atoms with Crippen LogP contribution >= 0.6 is 0 Å². The van der Waals surface area contributed by atoms with Gasteiger partial charge in [0.25, 0.3) is 5.91 Å². The normalized spacial score (nSPS) is 16.4. The van der Waals surface area contributed by atoms with Crippen molar-refractivity contribution >= 4 is 5.91 Å². The van der Waals surface area contributed by atoms with Gasteiger partial charge in [-0.25, -0.2) is 4.39 Å². The van der Waals surface area contributed by atoms with Crippen LogP contribution in [-0.2, 0) is 9.53 Å². The fraction of sp³-hybridized carbons (Fsp3) is 0.364. The Balaban J connectivity index is 1.62. The highest BCUT2D eigenvalue weighted by Crippen LogP contribution is 2.22. The lowest BCUT2D eigenvalue weighted by Gasteiger charge is -2.35. The van der Waals surface area contributed by atoms with Crippen molar-refractivity contribution < 1.29 is 18.7 Å². The van der Waals surface area contributed by atoms with Crippen LogP contribution in [0.3, 0.4) is 0 Å². The fourth-order valence-corrected chi connectivity index (χ4v) is 3.27. The lowest BCUT2D eigenvalue weighted by atomic mass is 10.0. The van der Waals surface area contributed by atoms with Gasteiger partial charge >= 0.3 is 0 Å². The largest absolute Gasteiger partial charge is 0.481 e. The molecule has 0 aliphatic carbocycles. The Morgan fingerprint density at radius 2 is 2.00 bits per heavy atom. The molecule has 2 atom stereocenters. The monoisotopic (exact) mass is 397 g/mol. The maximum Gasteiger partial charge on any atom is 0.260 e. The number of halogens is 1. The van der Waals surface area contributed by atoms with Gasteiger partial charge in [0.2, 0.25) is 0 Å². The second-order valence-electron chi connectivity index (χ2n) is 6.86. The van der Waals surface area contributed by atoms with Crippen LogP contribution in [-0.4, -0.2) is 49.8 Å². The Hall–Kier alpha value is -2.95. The topological polar surface area (TPSA) is 74.6 Å². The molecule has 1 aliphatic heterocycles. The molecule has 152 valence electrons. The number of benzene rings is 2. The van der Waals surface area contributed by atoms with Crippen molar-refractivity contribution in [3.63, 3.8) is 0 Å². The first-order valence-corrected chi connectivity index (χ1v) is 9.58. The number of ether oxygens (including phenoxy) is 2. The molecule has 2 unspecified atom stereocenters. The molecule has 1 amide bonds. The van der Waals surface area contributed by atoms with Crippen molar-refractivity contribution in [2.24, 2.45) is 0 Å². The number of carbonyl (C=O) groups excluding carboxylic acids is 1. The smallest absolute Gasteiger partial charge is 0.260 e. The van der Waals surface area contributed by atoms with Gasteiger partial charge in [-0.3, -0.25) is 9.69 Å². The zero-order valence-electron chi connectivity index (χ0n) is 16.3. The van der Waals surface area contributed by atoms with Gasteiger partial charge in [-0.05, 0) is 48.9 Å². The molecule has 0 saturated carbocycles. The van der Waals surface area contributed by atoms with Gasteiger partial charge in [-0.2, -0.15) is 5.26 Å². The minimum atomic E-state index is -0.708. The maximum atomic E-state index is 13.7. The van der Waals surface area contributed by atoms with Crippen molar-refractivity contribution in [3.8, 4) is 11.8 Å². The molecular formula is C22H24FN3O3. The van der Waals surface area contributed by atoms with Gasteiger partial charge in [0.05, 0.1) is 30.9 Å². The van der Waals surface area contributed by atoms with Crippen molar-refractivity contribution in [2.45, 2.75) is 19.1 Å². The van der Waals surface area contributed by atoms with E-state index in [-0.39, 0.29) is 17.8 Å². The molecule has 1 aliphatic rings. The minimum Gasteiger partial charge on any atom is -0.481 e. The number of nitrogens with one attached hydrogen (secondary N) is 1. The van der Waals surface area contributed by atoms with Crippen LogP contribution in [0.5, 0.6) is 5.75 Å². The first-order chi connectivity index (χ1) is 14.1. The highest BCUT2D eigenvalue weighted by Gasteiger charge is 2.25. The number of nitrogens with zero attached hydrogens (tertiary/aromatic N) is 2. The highest BCUT2D eigenvalue weighted by atomic mass is 19.1. The summed E-state index contributed by atoms with van der Waals surface area (Å²) < 4.78 is 24.8. The van der Waals surface area contributed by atoms with E-state index in [9.17, 15) is 9.18 Å². The molecule has 0 radical (unpaired) electrons. The molecule has 29 heavy (non-hydrogen) atoms. The van der Waals surface area contributed by atoms with Crippen molar-refractivity contribution in [1.82, 2.24) is 10.2 Å².